The van der Waals surface area contributed by atoms with Crippen molar-refractivity contribution in [3.05, 3.63) is 35.9 Å². The summed E-state index contributed by atoms with van der Waals surface area (Å²) in [6.07, 6.45) is 0.396. The van der Waals surface area contributed by atoms with Crippen molar-refractivity contribution < 1.29 is 14.7 Å². The van der Waals surface area contributed by atoms with Gasteiger partial charge in [-0.1, -0.05) is 30.3 Å². The van der Waals surface area contributed by atoms with Gasteiger partial charge in [-0.25, -0.2) is 4.79 Å². The van der Waals surface area contributed by atoms with Crippen LogP contribution >= 0.6 is 0 Å². The Kier molecular flexibility index (Phi) is 5.49. The molecule has 1 aliphatic heterocycles. The zero-order valence-corrected chi connectivity index (χ0v) is 14.7. The number of hydrogen-bond acceptors (Lipinski definition) is 3. The fourth-order valence-corrected chi connectivity index (χ4v) is 3.20. The Balaban J connectivity index is 2.43. The van der Waals surface area contributed by atoms with Gasteiger partial charge in [0, 0.05) is 19.5 Å². The highest BCUT2D eigenvalue weighted by atomic mass is 16.3. The van der Waals surface area contributed by atoms with Crippen LogP contribution in [0.1, 0.15) is 45.7 Å². The number of carbonyl (C=O) groups is 2. The maximum absolute atomic E-state index is 12.7. The highest BCUT2D eigenvalue weighted by molar-refractivity contribution is 5.76. The standard InChI is InChI=1S/C18H27N3O3/c1-12(2)19-17(23)21-11-10-18(4,24)16(20-13(3)22)15(21)14-8-6-5-7-9-14/h5-9,12,15-16,24H,10-11H2,1-4H3,(H,19,23)(H,20,22)/t15-,16-,18+/m0/s1. The van der Waals surface area contributed by atoms with Crippen molar-refractivity contribution in [3.63, 3.8) is 0 Å². The van der Waals surface area contributed by atoms with Crippen molar-refractivity contribution in [3.8, 4) is 0 Å². The van der Waals surface area contributed by atoms with Crippen LogP contribution in [0.2, 0.25) is 0 Å². The second kappa shape index (κ2) is 7.21. The maximum atomic E-state index is 12.7. The van der Waals surface area contributed by atoms with E-state index in [1.165, 1.54) is 6.92 Å². The molecule has 0 aliphatic carbocycles. The number of rotatable bonds is 3. The molecule has 3 amide bonds. The zero-order chi connectivity index (χ0) is 17.9. The average Bonchev–Trinajstić information content (AvgIpc) is 2.48. The van der Waals surface area contributed by atoms with Gasteiger partial charge in [0.15, 0.2) is 0 Å². The third-order valence-corrected chi connectivity index (χ3v) is 4.35. The second-order valence-corrected chi connectivity index (χ2v) is 6.94. The SMILES string of the molecule is CC(=O)N[C@H]1[C@H](c2ccccc2)N(C(=O)NC(C)C)CC[C@@]1(C)O. The van der Waals surface area contributed by atoms with Crippen molar-refractivity contribution in [1.29, 1.82) is 0 Å². The van der Waals surface area contributed by atoms with E-state index in [0.29, 0.717) is 13.0 Å². The van der Waals surface area contributed by atoms with Crippen LogP contribution in [0.15, 0.2) is 30.3 Å². The van der Waals surface area contributed by atoms with Gasteiger partial charge in [-0.2, -0.15) is 0 Å². The predicted octanol–water partition coefficient (Wildman–Crippen LogP) is 1.81. The lowest BCUT2D eigenvalue weighted by Gasteiger charge is -2.49. The number of likely N-dealkylation sites (tertiary alicyclic amines) is 1. The van der Waals surface area contributed by atoms with Crippen LogP contribution in [-0.4, -0.2) is 46.2 Å². The molecule has 6 nitrogen and oxygen atoms in total. The summed E-state index contributed by atoms with van der Waals surface area (Å²) in [5.74, 6) is -0.229. The molecule has 1 saturated heterocycles. The Bertz CT molecular complexity index is 586. The van der Waals surface area contributed by atoms with E-state index in [1.807, 2.05) is 44.2 Å². The summed E-state index contributed by atoms with van der Waals surface area (Å²) >= 11 is 0. The van der Waals surface area contributed by atoms with E-state index in [-0.39, 0.29) is 18.0 Å². The molecule has 3 atom stereocenters. The Morgan fingerprint density at radius 1 is 1.29 bits per heavy atom. The number of nitrogens with one attached hydrogen (secondary N) is 2. The molecule has 1 aromatic carbocycles. The number of benzene rings is 1. The van der Waals surface area contributed by atoms with Crippen LogP contribution < -0.4 is 10.6 Å². The molecule has 6 heteroatoms. The van der Waals surface area contributed by atoms with Crippen LogP contribution in [0.25, 0.3) is 0 Å². The van der Waals surface area contributed by atoms with E-state index >= 15 is 0 Å². The molecule has 1 heterocycles. The van der Waals surface area contributed by atoms with Gasteiger partial charge in [0.2, 0.25) is 5.91 Å². The predicted molar refractivity (Wildman–Crippen MR) is 92.4 cm³/mol. The fourth-order valence-electron chi connectivity index (χ4n) is 3.20. The molecule has 132 valence electrons. The van der Waals surface area contributed by atoms with Gasteiger partial charge >= 0.3 is 6.03 Å². The van der Waals surface area contributed by atoms with Crippen molar-refractivity contribution in [2.45, 2.75) is 57.8 Å². The Morgan fingerprint density at radius 2 is 1.92 bits per heavy atom. The molecule has 24 heavy (non-hydrogen) atoms. The fraction of sp³-hybridized carbons (Fsp3) is 0.556. The number of hydrogen-bond donors (Lipinski definition) is 3. The molecular weight excluding hydrogens is 306 g/mol. The van der Waals surface area contributed by atoms with Crippen LogP contribution in [0, 0.1) is 0 Å². The van der Waals surface area contributed by atoms with Gasteiger partial charge in [-0.3, -0.25) is 4.79 Å². The Labute approximate surface area is 143 Å². The summed E-state index contributed by atoms with van der Waals surface area (Å²) in [7, 11) is 0. The summed E-state index contributed by atoms with van der Waals surface area (Å²) in [4.78, 5) is 26.0. The van der Waals surface area contributed by atoms with Crippen molar-refractivity contribution in [1.82, 2.24) is 15.5 Å². The normalized spacial score (nSPS) is 27.0. The van der Waals surface area contributed by atoms with Crippen molar-refractivity contribution in [2.24, 2.45) is 0 Å². The topological polar surface area (TPSA) is 81.7 Å². The summed E-state index contributed by atoms with van der Waals surface area (Å²) in [5.41, 5.74) is -0.212. The van der Waals surface area contributed by atoms with Gasteiger partial charge in [0.05, 0.1) is 17.7 Å². The van der Waals surface area contributed by atoms with Crippen LogP contribution in [0.5, 0.6) is 0 Å². The number of carbonyl (C=O) groups excluding carboxylic acids is 2. The molecule has 1 aromatic rings. The van der Waals surface area contributed by atoms with E-state index in [1.54, 1.807) is 11.8 Å². The van der Waals surface area contributed by atoms with Gasteiger partial charge < -0.3 is 20.6 Å². The van der Waals surface area contributed by atoms with Crippen LogP contribution in [0.4, 0.5) is 4.79 Å². The van der Waals surface area contributed by atoms with Gasteiger partial charge in [0.25, 0.3) is 0 Å². The maximum Gasteiger partial charge on any atom is 0.318 e. The minimum Gasteiger partial charge on any atom is -0.388 e. The van der Waals surface area contributed by atoms with Crippen molar-refractivity contribution >= 4 is 11.9 Å². The molecule has 1 aliphatic rings. The number of aliphatic hydroxyl groups is 1. The molecule has 0 spiro atoms. The summed E-state index contributed by atoms with van der Waals surface area (Å²) in [6, 6.07) is 8.31. The van der Waals surface area contributed by atoms with E-state index < -0.39 is 17.7 Å². The minimum absolute atomic E-state index is 0.00979. The minimum atomic E-state index is -1.10. The molecule has 3 N–H and O–H groups in total. The second-order valence-electron chi connectivity index (χ2n) is 6.94. The Hall–Kier alpha value is -2.08. The van der Waals surface area contributed by atoms with Gasteiger partial charge in [-0.15, -0.1) is 0 Å². The van der Waals surface area contributed by atoms with Crippen LogP contribution in [-0.2, 0) is 4.79 Å². The zero-order valence-electron chi connectivity index (χ0n) is 14.7. The largest absolute Gasteiger partial charge is 0.388 e. The molecule has 0 aromatic heterocycles. The first-order valence-electron chi connectivity index (χ1n) is 8.34. The molecular formula is C18H27N3O3. The Morgan fingerprint density at radius 3 is 2.46 bits per heavy atom. The molecule has 0 saturated carbocycles. The number of urea groups is 1. The first-order valence-corrected chi connectivity index (χ1v) is 8.34. The lowest BCUT2D eigenvalue weighted by Crippen LogP contribution is -2.64. The number of piperidine rings is 1. The molecule has 0 bridgehead atoms. The first-order chi connectivity index (χ1) is 11.2. The first kappa shape index (κ1) is 18.3. The van der Waals surface area contributed by atoms with Crippen LogP contribution in [0.3, 0.4) is 0 Å². The van der Waals surface area contributed by atoms with Gasteiger partial charge in [0.1, 0.15) is 0 Å². The lowest BCUT2D eigenvalue weighted by molar-refractivity contribution is -0.125. The number of nitrogens with zero attached hydrogens (tertiary/aromatic N) is 1. The average molecular weight is 333 g/mol. The molecule has 0 radical (unpaired) electrons. The lowest BCUT2D eigenvalue weighted by atomic mass is 9.79. The number of amides is 3. The quantitative estimate of drug-likeness (QED) is 0.789. The van der Waals surface area contributed by atoms with E-state index in [4.69, 9.17) is 0 Å². The van der Waals surface area contributed by atoms with Crippen molar-refractivity contribution in [2.75, 3.05) is 6.54 Å². The molecule has 1 fully saturated rings. The third-order valence-electron chi connectivity index (χ3n) is 4.35. The smallest absolute Gasteiger partial charge is 0.318 e. The van der Waals surface area contributed by atoms with E-state index in [9.17, 15) is 14.7 Å². The highest BCUT2D eigenvalue weighted by Gasteiger charge is 2.47. The molecule has 0 unspecified atom stereocenters. The highest BCUT2D eigenvalue weighted by Crippen LogP contribution is 2.37. The summed E-state index contributed by atoms with van der Waals surface area (Å²) in [5, 5.41) is 16.6. The summed E-state index contributed by atoms with van der Waals surface area (Å²) < 4.78 is 0. The summed E-state index contributed by atoms with van der Waals surface area (Å²) in [6.45, 7) is 7.36. The van der Waals surface area contributed by atoms with Gasteiger partial charge in [-0.05, 0) is 32.8 Å². The van der Waals surface area contributed by atoms with E-state index in [0.717, 1.165) is 5.56 Å². The molecule has 2 rings (SSSR count). The monoisotopic (exact) mass is 333 g/mol. The third kappa shape index (κ3) is 4.06. The van der Waals surface area contributed by atoms with E-state index in [2.05, 4.69) is 10.6 Å².